The van der Waals surface area contributed by atoms with Crippen molar-refractivity contribution in [2.24, 2.45) is 5.41 Å². The summed E-state index contributed by atoms with van der Waals surface area (Å²) in [6.45, 7) is 16.8. The standard InChI is InChI=1S/C34H34FN5/c1-7-22(15-26(8-2)37-21(3)18-34(4,5)6)23-12-13-30-28(16-23)33(40-39-30)31-17-27-29(19-36-20-32(27)38-31)24-10-9-11-25(35)14-24/h7-17,19-20,37-38H,2-3,18H2,1,4-6H3,(H,39,40)/b22-7+,26-15+. The molecule has 0 saturated carbocycles. The zero-order valence-electron chi connectivity index (χ0n) is 23.4. The van der Waals surface area contributed by atoms with Gasteiger partial charge in [-0.2, -0.15) is 5.10 Å². The minimum absolute atomic E-state index is 0.138. The first-order valence-corrected chi connectivity index (χ1v) is 13.3. The van der Waals surface area contributed by atoms with Crippen LogP contribution in [-0.2, 0) is 0 Å². The third-order valence-electron chi connectivity index (χ3n) is 6.74. The highest BCUT2D eigenvalue weighted by Gasteiger charge is 2.16. The highest BCUT2D eigenvalue weighted by molar-refractivity contribution is 6.01. The Morgan fingerprint density at radius 3 is 2.60 bits per heavy atom. The number of allylic oxidation sites excluding steroid dienone is 5. The number of hydrogen-bond donors (Lipinski definition) is 3. The third kappa shape index (κ3) is 5.66. The number of hydrogen-bond acceptors (Lipinski definition) is 3. The van der Waals surface area contributed by atoms with Crippen LogP contribution in [0, 0.1) is 11.2 Å². The summed E-state index contributed by atoms with van der Waals surface area (Å²) < 4.78 is 14.0. The van der Waals surface area contributed by atoms with E-state index in [1.54, 1.807) is 18.5 Å². The van der Waals surface area contributed by atoms with E-state index in [1.807, 2.05) is 25.1 Å². The Bertz CT molecular complexity index is 1790. The van der Waals surface area contributed by atoms with E-state index in [9.17, 15) is 4.39 Å². The van der Waals surface area contributed by atoms with Crippen molar-refractivity contribution in [1.82, 2.24) is 25.5 Å². The number of rotatable bonds is 8. The van der Waals surface area contributed by atoms with Gasteiger partial charge in [-0.25, -0.2) is 4.39 Å². The average Bonchev–Trinajstić information content (AvgIpc) is 3.53. The average molecular weight is 532 g/mol. The minimum Gasteiger partial charge on any atom is -0.359 e. The molecule has 40 heavy (non-hydrogen) atoms. The van der Waals surface area contributed by atoms with Gasteiger partial charge in [-0.1, -0.05) is 58.2 Å². The second kappa shape index (κ2) is 10.8. The van der Waals surface area contributed by atoms with Crippen molar-refractivity contribution in [2.45, 2.75) is 34.1 Å². The molecule has 0 aliphatic rings. The molecule has 0 bridgehead atoms. The van der Waals surface area contributed by atoms with E-state index in [0.717, 1.165) is 73.3 Å². The molecule has 0 atom stereocenters. The smallest absolute Gasteiger partial charge is 0.123 e. The first-order valence-electron chi connectivity index (χ1n) is 13.3. The maximum atomic E-state index is 14.0. The molecule has 0 spiro atoms. The topological polar surface area (TPSA) is 69.4 Å². The van der Waals surface area contributed by atoms with Gasteiger partial charge in [0.15, 0.2) is 0 Å². The molecule has 0 saturated heterocycles. The lowest BCUT2D eigenvalue weighted by molar-refractivity contribution is 0.403. The van der Waals surface area contributed by atoms with Crippen LogP contribution in [0.4, 0.5) is 4.39 Å². The summed E-state index contributed by atoms with van der Waals surface area (Å²) in [7, 11) is 0. The molecule has 2 aromatic carbocycles. The lowest BCUT2D eigenvalue weighted by Gasteiger charge is -2.21. The summed E-state index contributed by atoms with van der Waals surface area (Å²) >= 11 is 0. The minimum atomic E-state index is -0.279. The molecule has 5 nitrogen and oxygen atoms in total. The number of H-pyrrole nitrogens is 2. The van der Waals surface area contributed by atoms with Gasteiger partial charge >= 0.3 is 0 Å². The maximum Gasteiger partial charge on any atom is 0.123 e. The monoisotopic (exact) mass is 531 g/mol. The van der Waals surface area contributed by atoms with E-state index in [1.165, 1.54) is 12.1 Å². The number of nitrogens with one attached hydrogen (secondary N) is 3. The zero-order valence-corrected chi connectivity index (χ0v) is 23.4. The molecule has 0 aliphatic carbocycles. The van der Waals surface area contributed by atoms with Gasteiger partial charge in [-0.05, 0) is 77.9 Å². The van der Waals surface area contributed by atoms with Crippen molar-refractivity contribution in [3.8, 4) is 22.5 Å². The van der Waals surface area contributed by atoms with Gasteiger partial charge in [-0.15, -0.1) is 0 Å². The van der Waals surface area contributed by atoms with Gasteiger partial charge in [-0.3, -0.25) is 10.1 Å². The number of halogens is 1. The molecule has 202 valence electrons. The largest absolute Gasteiger partial charge is 0.359 e. The third-order valence-corrected chi connectivity index (χ3v) is 6.74. The predicted octanol–water partition coefficient (Wildman–Crippen LogP) is 8.92. The number of pyridine rings is 1. The molecule has 0 fully saturated rings. The number of benzene rings is 2. The number of fused-ring (bicyclic) bond motifs is 2. The van der Waals surface area contributed by atoms with E-state index >= 15 is 0 Å². The summed E-state index contributed by atoms with van der Waals surface area (Å²) in [6.07, 6.45) is 10.4. The van der Waals surface area contributed by atoms with Crippen LogP contribution < -0.4 is 5.32 Å². The Kier molecular flexibility index (Phi) is 7.26. The molecule has 0 amide bonds. The second-order valence-corrected chi connectivity index (χ2v) is 11.2. The molecule has 5 rings (SSSR count). The van der Waals surface area contributed by atoms with Gasteiger partial charge in [0, 0.05) is 33.9 Å². The SMILES string of the molecule is C=C/C(=C\C(=C/C)c1ccc2[nH]nc(-c3cc4c(-c5cccc(F)c5)cncc4[nH]3)c2c1)NC(=C)CC(C)(C)C. The van der Waals surface area contributed by atoms with Gasteiger partial charge < -0.3 is 10.3 Å². The molecule has 3 aromatic heterocycles. The van der Waals surface area contributed by atoms with Gasteiger partial charge in [0.2, 0.25) is 0 Å². The van der Waals surface area contributed by atoms with Crippen LogP contribution in [0.1, 0.15) is 39.7 Å². The Morgan fingerprint density at radius 2 is 1.88 bits per heavy atom. The van der Waals surface area contributed by atoms with Crippen LogP contribution in [0.3, 0.4) is 0 Å². The fraction of sp³-hybridized carbons (Fsp3) is 0.176. The Labute approximate surface area is 234 Å². The first-order chi connectivity index (χ1) is 19.1. The summed E-state index contributed by atoms with van der Waals surface area (Å²) in [5.41, 5.74) is 9.17. The van der Waals surface area contributed by atoms with Gasteiger partial charge in [0.25, 0.3) is 0 Å². The Balaban J connectivity index is 1.52. The van der Waals surface area contributed by atoms with Crippen LogP contribution in [0.25, 0.3) is 49.9 Å². The number of aromatic nitrogens is 4. The zero-order chi connectivity index (χ0) is 28.4. The van der Waals surface area contributed by atoms with Crippen molar-refractivity contribution in [3.63, 3.8) is 0 Å². The van der Waals surface area contributed by atoms with Crippen molar-refractivity contribution in [2.75, 3.05) is 0 Å². The van der Waals surface area contributed by atoms with Crippen LogP contribution in [0.2, 0.25) is 0 Å². The highest BCUT2D eigenvalue weighted by atomic mass is 19.1. The van der Waals surface area contributed by atoms with Crippen LogP contribution in [0.15, 0.2) is 104 Å². The van der Waals surface area contributed by atoms with Gasteiger partial charge in [0.1, 0.15) is 11.5 Å². The molecule has 5 aromatic rings. The van der Waals surface area contributed by atoms with Crippen LogP contribution in [0.5, 0.6) is 0 Å². The molecule has 3 N–H and O–H groups in total. The highest BCUT2D eigenvalue weighted by Crippen LogP contribution is 2.34. The molecule has 0 radical (unpaired) electrons. The summed E-state index contributed by atoms with van der Waals surface area (Å²) in [6, 6.07) is 14.9. The number of aromatic amines is 2. The molecule has 0 aliphatic heterocycles. The molecule has 3 heterocycles. The number of nitrogens with zero attached hydrogens (tertiary/aromatic N) is 2. The van der Waals surface area contributed by atoms with Crippen molar-refractivity contribution >= 4 is 27.4 Å². The lowest BCUT2D eigenvalue weighted by atomic mass is 9.91. The maximum absolute atomic E-state index is 14.0. The summed E-state index contributed by atoms with van der Waals surface area (Å²) in [4.78, 5) is 7.84. The van der Waals surface area contributed by atoms with E-state index in [2.05, 4.69) is 89.8 Å². The van der Waals surface area contributed by atoms with Crippen LogP contribution in [-0.4, -0.2) is 20.2 Å². The van der Waals surface area contributed by atoms with E-state index in [-0.39, 0.29) is 11.2 Å². The van der Waals surface area contributed by atoms with E-state index < -0.39 is 0 Å². The Morgan fingerprint density at radius 1 is 1.05 bits per heavy atom. The lowest BCUT2D eigenvalue weighted by Crippen LogP contribution is -2.16. The van der Waals surface area contributed by atoms with Crippen molar-refractivity contribution in [1.29, 1.82) is 0 Å². The quantitative estimate of drug-likeness (QED) is 0.175. The summed E-state index contributed by atoms with van der Waals surface area (Å²) in [5, 5.41) is 13.2. The predicted molar refractivity (Wildman–Crippen MR) is 165 cm³/mol. The molecule has 0 unspecified atom stereocenters. The van der Waals surface area contributed by atoms with Crippen LogP contribution >= 0.6 is 0 Å². The fourth-order valence-corrected chi connectivity index (χ4v) is 5.00. The molecular formula is C34H34FN5. The fourth-order valence-electron chi connectivity index (χ4n) is 5.00. The van der Waals surface area contributed by atoms with E-state index in [0.29, 0.717) is 0 Å². The van der Waals surface area contributed by atoms with Crippen molar-refractivity contribution < 1.29 is 4.39 Å². The Hall–Kier alpha value is -4.71. The van der Waals surface area contributed by atoms with E-state index in [4.69, 9.17) is 0 Å². The summed E-state index contributed by atoms with van der Waals surface area (Å²) in [5.74, 6) is -0.279. The second-order valence-electron chi connectivity index (χ2n) is 11.2. The molecular weight excluding hydrogens is 497 g/mol. The molecule has 6 heteroatoms. The van der Waals surface area contributed by atoms with Crippen molar-refractivity contribution in [3.05, 3.63) is 115 Å². The normalized spacial score (nSPS) is 12.7. The van der Waals surface area contributed by atoms with Gasteiger partial charge in [0.05, 0.1) is 22.9 Å². The first kappa shape index (κ1) is 26.9.